The van der Waals surface area contributed by atoms with Crippen LogP contribution in [0.3, 0.4) is 0 Å². The summed E-state index contributed by atoms with van der Waals surface area (Å²) in [6, 6.07) is 0.276. The van der Waals surface area contributed by atoms with Crippen LogP contribution in [-0.2, 0) is 20.1 Å². The molecule has 0 aromatic carbocycles. The van der Waals surface area contributed by atoms with Gasteiger partial charge in [0.05, 0.1) is 40.3 Å². The summed E-state index contributed by atoms with van der Waals surface area (Å²) in [5, 5.41) is 18.6. The average Bonchev–Trinajstić information content (AvgIpc) is 3.18. The summed E-state index contributed by atoms with van der Waals surface area (Å²) in [5.74, 6) is 1.30. The molecule has 0 aliphatic heterocycles. The second kappa shape index (κ2) is 12.6. The molecule has 9 nitrogen and oxygen atoms in total. The number of aryl methyl sites for hydroxylation is 2. The molecule has 2 rings (SSSR count). The molecule has 0 radical (unpaired) electrons. The maximum atomic E-state index is 9.50. The van der Waals surface area contributed by atoms with Gasteiger partial charge in [-0.2, -0.15) is 5.10 Å². The van der Waals surface area contributed by atoms with Gasteiger partial charge in [-0.1, -0.05) is 13.0 Å². The molecule has 3 N–H and O–H groups in total. The second-order valence-corrected chi connectivity index (χ2v) is 9.43. The normalized spacial score (nSPS) is 13.2. The topological polar surface area (TPSA) is 104 Å². The van der Waals surface area contributed by atoms with Gasteiger partial charge in [-0.15, -0.1) is 5.10 Å². The molecule has 10 heteroatoms. The molecule has 33 heavy (non-hydrogen) atoms. The maximum absolute atomic E-state index is 9.50. The Bertz CT molecular complexity index is 937. The van der Waals surface area contributed by atoms with Gasteiger partial charge < -0.3 is 20.3 Å². The predicted octanol–water partition coefficient (Wildman–Crippen LogP) is 3.31. The Morgan fingerprint density at radius 2 is 1.97 bits per heavy atom. The Balaban J connectivity index is 2.25. The number of nitrogens with zero attached hydrogens (tertiary/aromatic N) is 5. The summed E-state index contributed by atoms with van der Waals surface area (Å²) in [7, 11) is 1.88. The van der Waals surface area contributed by atoms with E-state index in [9.17, 15) is 5.11 Å². The zero-order valence-electron chi connectivity index (χ0n) is 20.9. The second-order valence-electron chi connectivity index (χ2n) is 8.35. The number of aliphatic hydroxyl groups excluding tert-OH is 1. The van der Waals surface area contributed by atoms with Crippen LogP contribution in [0.1, 0.15) is 58.0 Å². The van der Waals surface area contributed by atoms with Crippen LogP contribution in [0.15, 0.2) is 6.08 Å². The number of ether oxygens (including phenoxy) is 2. The van der Waals surface area contributed by atoms with Crippen LogP contribution < -0.4 is 15.2 Å². The Hall–Kier alpha value is -1.79. The fraction of sp³-hybridized carbons (Fsp3) is 0.652. The largest absolute Gasteiger partial charge is 0.476 e. The van der Waals surface area contributed by atoms with Gasteiger partial charge >= 0.3 is 0 Å². The van der Waals surface area contributed by atoms with Crippen molar-refractivity contribution in [3.05, 3.63) is 26.6 Å². The van der Waals surface area contributed by atoms with E-state index in [1.165, 1.54) is 0 Å². The summed E-state index contributed by atoms with van der Waals surface area (Å²) in [6.45, 7) is 14.7. The molecule has 0 saturated carbocycles. The minimum absolute atomic E-state index is 0.0207. The fourth-order valence-electron chi connectivity index (χ4n) is 3.75. The lowest BCUT2D eigenvalue weighted by Gasteiger charge is -2.30. The summed E-state index contributed by atoms with van der Waals surface area (Å²) >= 11 is 2.28. The number of hydrogen-bond acceptors (Lipinski definition) is 7. The van der Waals surface area contributed by atoms with Gasteiger partial charge in [0.2, 0.25) is 11.8 Å². The van der Waals surface area contributed by atoms with Gasteiger partial charge in [0.15, 0.2) is 0 Å². The minimum atomic E-state index is -0.103. The Morgan fingerprint density at radius 3 is 2.55 bits per heavy atom. The van der Waals surface area contributed by atoms with Gasteiger partial charge in [0, 0.05) is 31.9 Å². The molecule has 2 aromatic heterocycles. The van der Waals surface area contributed by atoms with Crippen molar-refractivity contribution in [1.82, 2.24) is 24.5 Å². The highest BCUT2D eigenvalue weighted by Crippen LogP contribution is 2.29. The van der Waals surface area contributed by atoms with Crippen LogP contribution in [0.2, 0.25) is 0 Å². The third-order valence-electron chi connectivity index (χ3n) is 5.33. The first-order valence-electron chi connectivity index (χ1n) is 11.5. The Labute approximate surface area is 211 Å². The molecular weight excluding hydrogens is 535 g/mol. The standard InChI is InChI=1S/C23H39IN6O3/c1-8-10-18(25)20-17(6)26-28(7)23(20)33-16(5)13-29(15(3)4)14-19-21(24)22(32-9-2)27-30(19)11-12-31/h10,15-16,31H,8-9,11-14,25H2,1-7H3/b18-10-/t16-/m1/s1. The highest BCUT2D eigenvalue weighted by atomic mass is 127. The van der Waals surface area contributed by atoms with Crippen LogP contribution in [0.5, 0.6) is 11.8 Å². The highest BCUT2D eigenvalue weighted by molar-refractivity contribution is 14.1. The van der Waals surface area contributed by atoms with Crippen LogP contribution in [0.4, 0.5) is 0 Å². The highest BCUT2D eigenvalue weighted by Gasteiger charge is 2.24. The molecule has 2 aromatic rings. The Morgan fingerprint density at radius 1 is 1.27 bits per heavy atom. The Kier molecular flexibility index (Phi) is 10.5. The van der Waals surface area contributed by atoms with E-state index in [4.69, 9.17) is 15.2 Å². The summed E-state index contributed by atoms with van der Waals surface area (Å²) in [6.07, 6.45) is 2.73. The summed E-state index contributed by atoms with van der Waals surface area (Å²) in [5.41, 5.74) is 9.75. The molecule has 0 unspecified atom stereocenters. The predicted molar refractivity (Wildman–Crippen MR) is 139 cm³/mol. The van der Waals surface area contributed by atoms with Crippen molar-refractivity contribution < 1.29 is 14.6 Å². The van der Waals surface area contributed by atoms with Crippen molar-refractivity contribution in [3.8, 4) is 11.8 Å². The van der Waals surface area contributed by atoms with E-state index in [1.807, 2.05) is 31.7 Å². The average molecular weight is 575 g/mol. The lowest BCUT2D eigenvalue weighted by molar-refractivity contribution is 0.108. The molecule has 186 valence electrons. The first kappa shape index (κ1) is 27.5. The first-order valence-corrected chi connectivity index (χ1v) is 12.6. The zero-order valence-corrected chi connectivity index (χ0v) is 23.1. The van der Waals surface area contributed by atoms with Gasteiger partial charge in [0.25, 0.3) is 0 Å². The number of allylic oxidation sites excluding steroid dienone is 1. The maximum Gasteiger partial charge on any atom is 0.246 e. The molecule has 0 bridgehead atoms. The molecular formula is C23H39IN6O3. The number of nitrogens with two attached hydrogens (primary N) is 1. The van der Waals surface area contributed by atoms with Crippen molar-refractivity contribution in [3.63, 3.8) is 0 Å². The number of hydrogen-bond donors (Lipinski definition) is 2. The lowest BCUT2D eigenvalue weighted by Crippen LogP contribution is -2.39. The van der Waals surface area contributed by atoms with Crippen molar-refractivity contribution in [2.75, 3.05) is 19.8 Å². The van der Waals surface area contributed by atoms with E-state index in [-0.39, 0.29) is 18.8 Å². The fourth-order valence-corrected chi connectivity index (χ4v) is 4.46. The van der Waals surface area contributed by atoms with Gasteiger partial charge in [0.1, 0.15) is 6.10 Å². The number of aromatic nitrogens is 4. The van der Waals surface area contributed by atoms with Gasteiger partial charge in [-0.25, -0.2) is 4.68 Å². The number of aliphatic hydroxyl groups is 1. The monoisotopic (exact) mass is 574 g/mol. The zero-order chi connectivity index (χ0) is 24.7. The van der Waals surface area contributed by atoms with Crippen LogP contribution >= 0.6 is 22.6 Å². The third kappa shape index (κ3) is 6.86. The van der Waals surface area contributed by atoms with E-state index < -0.39 is 0 Å². The minimum Gasteiger partial charge on any atom is -0.476 e. The van der Waals surface area contributed by atoms with Crippen LogP contribution in [-0.4, -0.2) is 61.5 Å². The molecule has 0 aliphatic carbocycles. The summed E-state index contributed by atoms with van der Waals surface area (Å²) < 4.78 is 16.6. The molecule has 0 spiro atoms. The van der Waals surface area contributed by atoms with Crippen molar-refractivity contribution in [2.45, 2.75) is 73.2 Å². The summed E-state index contributed by atoms with van der Waals surface area (Å²) in [4.78, 5) is 2.33. The van der Waals surface area contributed by atoms with Gasteiger partial charge in [-0.05, 0) is 63.6 Å². The van der Waals surface area contributed by atoms with E-state index in [0.717, 1.165) is 26.9 Å². The van der Waals surface area contributed by atoms with Crippen LogP contribution in [0, 0.1) is 10.5 Å². The molecule has 1 atom stereocenters. The number of rotatable bonds is 13. The molecule has 2 heterocycles. The van der Waals surface area contributed by atoms with Crippen molar-refractivity contribution in [1.29, 1.82) is 0 Å². The number of halogens is 1. The van der Waals surface area contributed by atoms with Crippen LogP contribution in [0.25, 0.3) is 5.70 Å². The molecule has 0 amide bonds. The molecule has 0 aliphatic rings. The first-order chi connectivity index (χ1) is 15.6. The van der Waals surface area contributed by atoms with Crippen molar-refractivity contribution in [2.24, 2.45) is 12.8 Å². The molecule has 0 fully saturated rings. The SMILES string of the molecule is CC/C=C(\N)c1c(C)nn(C)c1O[C@H](C)CN(Cc1c(I)c(OCC)nn1CCO)C(C)C. The van der Waals surface area contributed by atoms with Gasteiger partial charge in [-0.3, -0.25) is 9.58 Å². The third-order valence-corrected chi connectivity index (χ3v) is 6.41. The smallest absolute Gasteiger partial charge is 0.246 e. The quantitative estimate of drug-likeness (QED) is 0.354. The van der Waals surface area contributed by atoms with E-state index in [0.29, 0.717) is 43.7 Å². The lowest BCUT2D eigenvalue weighted by atomic mass is 10.1. The van der Waals surface area contributed by atoms with E-state index in [1.54, 1.807) is 4.68 Å². The molecule has 0 saturated heterocycles. The van der Waals surface area contributed by atoms with Crippen molar-refractivity contribution >= 4 is 28.3 Å². The van der Waals surface area contributed by atoms with E-state index >= 15 is 0 Å². The van der Waals surface area contributed by atoms with E-state index in [2.05, 4.69) is 65.4 Å².